The Labute approximate surface area is 107 Å². The van der Waals surface area contributed by atoms with Crippen LogP contribution in [-0.2, 0) is 11.2 Å². The van der Waals surface area contributed by atoms with Gasteiger partial charge >= 0.3 is 0 Å². The van der Waals surface area contributed by atoms with Crippen LogP contribution >= 0.6 is 0 Å². The van der Waals surface area contributed by atoms with Gasteiger partial charge in [0.25, 0.3) is 5.91 Å². The van der Waals surface area contributed by atoms with E-state index in [1.165, 1.54) is 4.90 Å². The van der Waals surface area contributed by atoms with Crippen LogP contribution < -0.4 is 4.74 Å². The highest BCUT2D eigenvalue weighted by Crippen LogP contribution is 2.35. The summed E-state index contributed by atoms with van der Waals surface area (Å²) in [6.07, 6.45) is 2.25. The fourth-order valence-electron chi connectivity index (χ4n) is 2.19. The van der Waals surface area contributed by atoms with E-state index in [-0.39, 0.29) is 12.5 Å². The number of hydrogen-bond acceptors (Lipinski definition) is 3. The normalized spacial score (nSPS) is 18.1. The lowest BCUT2D eigenvalue weighted by atomic mass is 9.89. The van der Waals surface area contributed by atoms with Crippen molar-refractivity contribution in [2.75, 3.05) is 20.7 Å². The van der Waals surface area contributed by atoms with E-state index in [2.05, 4.69) is 0 Å². The van der Waals surface area contributed by atoms with E-state index < -0.39 is 6.10 Å². The molecule has 1 N–H and O–H groups in total. The number of fused-ring (bicyclic) bond motifs is 1. The molecule has 18 heavy (non-hydrogen) atoms. The minimum absolute atomic E-state index is 0.0412. The monoisotopic (exact) mass is 249 g/mol. The number of benzene rings is 1. The summed E-state index contributed by atoms with van der Waals surface area (Å²) < 4.78 is 5.57. The van der Waals surface area contributed by atoms with Gasteiger partial charge in [0.1, 0.15) is 5.75 Å². The molecule has 0 saturated carbocycles. The zero-order valence-electron chi connectivity index (χ0n) is 10.8. The lowest BCUT2D eigenvalue weighted by molar-refractivity contribution is -0.130. The predicted octanol–water partition coefficient (Wildman–Crippen LogP) is 1.52. The first-order chi connectivity index (χ1) is 8.59. The third-order valence-electron chi connectivity index (χ3n) is 3.28. The Balaban J connectivity index is 2.14. The Morgan fingerprint density at radius 2 is 2.28 bits per heavy atom. The van der Waals surface area contributed by atoms with E-state index in [9.17, 15) is 9.90 Å². The van der Waals surface area contributed by atoms with Crippen molar-refractivity contribution >= 4 is 5.91 Å². The van der Waals surface area contributed by atoms with E-state index in [1.807, 2.05) is 18.2 Å². The Kier molecular flexibility index (Phi) is 3.87. The average molecular weight is 249 g/mol. The molecule has 1 aromatic rings. The van der Waals surface area contributed by atoms with Gasteiger partial charge in [-0.3, -0.25) is 4.79 Å². The first-order valence-corrected chi connectivity index (χ1v) is 6.22. The Hall–Kier alpha value is -1.55. The van der Waals surface area contributed by atoms with Crippen LogP contribution in [0.1, 0.15) is 30.1 Å². The number of hydrogen-bond donors (Lipinski definition) is 1. The number of aliphatic hydroxyl groups excluding tert-OH is 1. The molecule has 0 aromatic heterocycles. The zero-order chi connectivity index (χ0) is 13.1. The number of rotatable bonds is 3. The van der Waals surface area contributed by atoms with Crippen LogP contribution in [-0.4, -0.2) is 36.6 Å². The van der Waals surface area contributed by atoms with Crippen molar-refractivity contribution < 1.29 is 14.6 Å². The van der Waals surface area contributed by atoms with Crippen molar-refractivity contribution in [2.24, 2.45) is 0 Å². The molecule has 1 amide bonds. The van der Waals surface area contributed by atoms with Gasteiger partial charge in [0.15, 0.2) is 6.61 Å². The first kappa shape index (κ1) is 12.9. The summed E-state index contributed by atoms with van der Waals surface area (Å²) >= 11 is 0. The van der Waals surface area contributed by atoms with Gasteiger partial charge in [-0.2, -0.15) is 0 Å². The minimum atomic E-state index is -0.401. The Morgan fingerprint density at radius 1 is 1.50 bits per heavy atom. The highest BCUT2D eigenvalue weighted by Gasteiger charge is 2.21. The van der Waals surface area contributed by atoms with Crippen molar-refractivity contribution in [2.45, 2.75) is 25.4 Å². The van der Waals surface area contributed by atoms with Crippen LogP contribution in [0.2, 0.25) is 0 Å². The highest BCUT2D eigenvalue weighted by molar-refractivity contribution is 5.77. The Morgan fingerprint density at radius 3 is 3.00 bits per heavy atom. The molecule has 1 aliphatic carbocycles. The van der Waals surface area contributed by atoms with E-state index in [4.69, 9.17) is 4.74 Å². The fraction of sp³-hybridized carbons (Fsp3) is 0.500. The van der Waals surface area contributed by atoms with Crippen LogP contribution in [0.5, 0.6) is 5.75 Å². The topological polar surface area (TPSA) is 49.8 Å². The molecule has 0 radical (unpaired) electrons. The molecule has 0 spiro atoms. The van der Waals surface area contributed by atoms with Crippen molar-refractivity contribution in [1.82, 2.24) is 4.90 Å². The van der Waals surface area contributed by atoms with Gasteiger partial charge in [0, 0.05) is 14.1 Å². The quantitative estimate of drug-likeness (QED) is 0.883. The molecule has 1 aliphatic rings. The van der Waals surface area contributed by atoms with E-state index in [1.54, 1.807) is 14.1 Å². The fourth-order valence-corrected chi connectivity index (χ4v) is 2.19. The van der Waals surface area contributed by atoms with E-state index in [0.29, 0.717) is 0 Å². The molecule has 0 saturated heterocycles. The van der Waals surface area contributed by atoms with Crippen LogP contribution in [0, 0.1) is 0 Å². The molecule has 1 aromatic carbocycles. The first-order valence-electron chi connectivity index (χ1n) is 6.22. The summed E-state index contributed by atoms with van der Waals surface area (Å²) in [6, 6.07) is 5.66. The molecular weight excluding hydrogens is 230 g/mol. The van der Waals surface area contributed by atoms with Crippen LogP contribution in [0.3, 0.4) is 0 Å². The smallest absolute Gasteiger partial charge is 0.259 e. The maximum Gasteiger partial charge on any atom is 0.259 e. The van der Waals surface area contributed by atoms with Crippen molar-refractivity contribution in [3.05, 3.63) is 29.3 Å². The molecule has 0 unspecified atom stereocenters. The van der Waals surface area contributed by atoms with Crippen molar-refractivity contribution in [1.29, 1.82) is 0 Å². The number of amides is 1. The van der Waals surface area contributed by atoms with Gasteiger partial charge in [0.2, 0.25) is 0 Å². The lowest BCUT2D eigenvalue weighted by Gasteiger charge is -2.23. The van der Waals surface area contributed by atoms with Gasteiger partial charge in [0.05, 0.1) is 6.10 Å². The molecule has 1 atom stereocenters. The summed E-state index contributed by atoms with van der Waals surface area (Å²) in [5.74, 6) is 0.658. The largest absolute Gasteiger partial charge is 0.483 e. The number of nitrogens with zero attached hydrogens (tertiary/aromatic N) is 1. The van der Waals surface area contributed by atoms with E-state index in [0.717, 1.165) is 36.1 Å². The second-order valence-corrected chi connectivity index (χ2v) is 4.81. The summed E-state index contributed by atoms with van der Waals surface area (Å²) in [5.41, 5.74) is 1.99. The van der Waals surface area contributed by atoms with Gasteiger partial charge in [-0.15, -0.1) is 0 Å². The number of carbonyl (C=O) groups is 1. The second kappa shape index (κ2) is 5.40. The Bertz CT molecular complexity index is 443. The molecule has 0 aliphatic heterocycles. The molecule has 0 fully saturated rings. The van der Waals surface area contributed by atoms with Gasteiger partial charge in [-0.1, -0.05) is 12.1 Å². The average Bonchev–Trinajstić information content (AvgIpc) is 2.36. The molecular formula is C14H19NO3. The number of aliphatic hydroxyl groups is 1. The minimum Gasteiger partial charge on any atom is -0.483 e. The molecule has 2 rings (SSSR count). The maximum atomic E-state index is 11.5. The molecule has 4 heteroatoms. The second-order valence-electron chi connectivity index (χ2n) is 4.81. The third-order valence-corrected chi connectivity index (χ3v) is 3.28. The molecule has 0 heterocycles. The maximum absolute atomic E-state index is 11.5. The SMILES string of the molecule is CN(C)C(=O)COc1cccc2c1CCC[C@H]2O. The zero-order valence-corrected chi connectivity index (χ0v) is 10.8. The highest BCUT2D eigenvalue weighted by atomic mass is 16.5. The lowest BCUT2D eigenvalue weighted by Crippen LogP contribution is -2.28. The van der Waals surface area contributed by atoms with Gasteiger partial charge in [-0.05, 0) is 36.5 Å². The van der Waals surface area contributed by atoms with Gasteiger partial charge in [-0.25, -0.2) is 0 Å². The van der Waals surface area contributed by atoms with Crippen LogP contribution in [0.25, 0.3) is 0 Å². The number of ether oxygens (including phenoxy) is 1. The summed E-state index contributed by atoms with van der Waals surface area (Å²) in [7, 11) is 3.41. The van der Waals surface area contributed by atoms with Crippen molar-refractivity contribution in [3.63, 3.8) is 0 Å². The number of carbonyl (C=O) groups excluding carboxylic acids is 1. The summed E-state index contributed by atoms with van der Waals surface area (Å²) in [6.45, 7) is 0.0412. The molecule has 0 bridgehead atoms. The third kappa shape index (κ3) is 2.64. The summed E-state index contributed by atoms with van der Waals surface area (Å²) in [5, 5.41) is 9.92. The van der Waals surface area contributed by atoms with E-state index >= 15 is 0 Å². The van der Waals surface area contributed by atoms with Crippen LogP contribution in [0.4, 0.5) is 0 Å². The van der Waals surface area contributed by atoms with Crippen LogP contribution in [0.15, 0.2) is 18.2 Å². The predicted molar refractivity (Wildman–Crippen MR) is 68.5 cm³/mol. The standard InChI is InChI=1S/C14H19NO3/c1-15(2)14(17)9-18-13-8-4-5-10-11(13)6-3-7-12(10)16/h4-5,8,12,16H,3,6-7,9H2,1-2H3/t12-/m1/s1. The molecule has 4 nitrogen and oxygen atoms in total. The van der Waals surface area contributed by atoms with Gasteiger partial charge < -0.3 is 14.7 Å². The molecule has 98 valence electrons. The van der Waals surface area contributed by atoms with Crippen molar-refractivity contribution in [3.8, 4) is 5.75 Å². The summed E-state index contributed by atoms with van der Waals surface area (Å²) in [4.78, 5) is 13.0. The number of likely N-dealkylation sites (N-methyl/N-ethyl adjacent to an activating group) is 1.